The van der Waals surface area contributed by atoms with E-state index in [2.05, 4.69) is 24.1 Å². The number of rotatable bonds is 6. The Labute approximate surface area is 128 Å². The molecule has 1 N–H and O–H groups in total. The third kappa shape index (κ3) is 4.03. The Bertz CT molecular complexity index is 450. The van der Waals surface area contributed by atoms with Gasteiger partial charge in [0.15, 0.2) is 0 Å². The highest BCUT2D eigenvalue weighted by Crippen LogP contribution is 2.31. The van der Waals surface area contributed by atoms with Crippen LogP contribution in [0.15, 0.2) is 18.2 Å². The van der Waals surface area contributed by atoms with E-state index in [1.807, 2.05) is 18.2 Å². The highest BCUT2D eigenvalue weighted by Gasteiger charge is 2.24. The fourth-order valence-electron chi connectivity index (χ4n) is 3.08. The molecule has 4 heteroatoms. The van der Waals surface area contributed by atoms with Gasteiger partial charge in [-0.05, 0) is 50.9 Å². The Kier molecular flexibility index (Phi) is 5.74. The second-order valence-corrected chi connectivity index (χ2v) is 5.79. The molecular formula is C17H28N2O2. The van der Waals surface area contributed by atoms with Crippen LogP contribution >= 0.6 is 0 Å². The molecule has 0 saturated carbocycles. The Balaban J connectivity index is 2.06. The number of hydrogen-bond acceptors (Lipinski definition) is 4. The Morgan fingerprint density at radius 3 is 2.81 bits per heavy atom. The van der Waals surface area contributed by atoms with Crippen LogP contribution in [0.1, 0.15) is 26.7 Å². The summed E-state index contributed by atoms with van der Waals surface area (Å²) in [5, 5.41) is 3.62. The largest absolute Gasteiger partial charge is 0.497 e. The molecule has 1 aromatic rings. The van der Waals surface area contributed by atoms with Crippen molar-refractivity contribution in [1.29, 1.82) is 0 Å². The lowest BCUT2D eigenvalue weighted by atomic mass is 9.91. The van der Waals surface area contributed by atoms with E-state index in [-0.39, 0.29) is 0 Å². The number of methoxy groups -OCH3 is 2. The predicted octanol–water partition coefficient (Wildman–Crippen LogP) is 3.24. The first kappa shape index (κ1) is 16.0. The fourth-order valence-corrected chi connectivity index (χ4v) is 3.08. The number of hydrogen-bond donors (Lipinski definition) is 1. The molecule has 2 unspecified atom stereocenters. The van der Waals surface area contributed by atoms with E-state index < -0.39 is 0 Å². The number of likely N-dealkylation sites (tertiary alicyclic amines) is 1. The zero-order valence-electron chi connectivity index (χ0n) is 13.7. The first-order valence-corrected chi connectivity index (χ1v) is 7.88. The lowest BCUT2D eigenvalue weighted by Crippen LogP contribution is -2.41. The zero-order chi connectivity index (χ0) is 15.2. The Hall–Kier alpha value is -1.42. The SMILES string of the molecule is CCN1CCCC(C(C)Nc2cc(OC)ccc2OC)C1. The minimum Gasteiger partial charge on any atom is -0.497 e. The fraction of sp³-hybridized carbons (Fsp3) is 0.647. The maximum absolute atomic E-state index is 5.45. The summed E-state index contributed by atoms with van der Waals surface area (Å²) in [6.45, 7) is 8.07. The van der Waals surface area contributed by atoms with E-state index >= 15 is 0 Å². The van der Waals surface area contributed by atoms with Crippen molar-refractivity contribution in [3.8, 4) is 11.5 Å². The highest BCUT2D eigenvalue weighted by atomic mass is 16.5. The number of anilines is 1. The molecule has 1 aliphatic rings. The molecule has 21 heavy (non-hydrogen) atoms. The first-order chi connectivity index (χ1) is 10.2. The second-order valence-electron chi connectivity index (χ2n) is 5.79. The van der Waals surface area contributed by atoms with E-state index in [1.165, 1.54) is 25.9 Å². The van der Waals surface area contributed by atoms with Crippen LogP contribution in [0.2, 0.25) is 0 Å². The average molecular weight is 292 g/mol. The number of ether oxygens (including phenoxy) is 2. The quantitative estimate of drug-likeness (QED) is 0.873. The maximum atomic E-state index is 5.45. The molecular weight excluding hydrogens is 264 g/mol. The smallest absolute Gasteiger partial charge is 0.142 e. The van der Waals surface area contributed by atoms with Gasteiger partial charge in [-0.3, -0.25) is 0 Å². The number of piperidine rings is 1. The van der Waals surface area contributed by atoms with Gasteiger partial charge in [-0.2, -0.15) is 0 Å². The summed E-state index contributed by atoms with van der Waals surface area (Å²) < 4.78 is 10.8. The van der Waals surface area contributed by atoms with Crippen LogP contribution in [0.25, 0.3) is 0 Å². The lowest BCUT2D eigenvalue weighted by molar-refractivity contribution is 0.172. The van der Waals surface area contributed by atoms with Crippen molar-refractivity contribution in [3.63, 3.8) is 0 Å². The van der Waals surface area contributed by atoms with Gasteiger partial charge in [0.2, 0.25) is 0 Å². The molecule has 0 amide bonds. The van der Waals surface area contributed by atoms with Gasteiger partial charge in [-0.25, -0.2) is 0 Å². The minimum absolute atomic E-state index is 0.417. The minimum atomic E-state index is 0.417. The third-order valence-electron chi connectivity index (χ3n) is 4.49. The van der Waals surface area contributed by atoms with Crippen molar-refractivity contribution < 1.29 is 9.47 Å². The van der Waals surface area contributed by atoms with Gasteiger partial charge in [0.25, 0.3) is 0 Å². The standard InChI is InChI=1S/C17H28N2O2/c1-5-19-10-6-7-14(12-19)13(2)18-16-11-15(20-3)8-9-17(16)21-4/h8-9,11,13-14,18H,5-7,10,12H2,1-4H3. The molecule has 1 aromatic carbocycles. The number of nitrogens with one attached hydrogen (secondary N) is 1. The van der Waals surface area contributed by atoms with Crippen molar-refractivity contribution in [3.05, 3.63) is 18.2 Å². The summed E-state index contributed by atoms with van der Waals surface area (Å²) in [5.41, 5.74) is 1.01. The van der Waals surface area contributed by atoms with Crippen molar-refractivity contribution in [2.24, 2.45) is 5.92 Å². The molecule has 118 valence electrons. The molecule has 1 fully saturated rings. The predicted molar refractivity (Wildman–Crippen MR) is 87.5 cm³/mol. The van der Waals surface area contributed by atoms with Crippen LogP contribution < -0.4 is 14.8 Å². The van der Waals surface area contributed by atoms with Gasteiger partial charge in [0.1, 0.15) is 11.5 Å². The summed E-state index contributed by atoms with van der Waals surface area (Å²) in [6, 6.07) is 6.30. The Morgan fingerprint density at radius 2 is 2.14 bits per heavy atom. The Morgan fingerprint density at radius 1 is 1.33 bits per heavy atom. The summed E-state index contributed by atoms with van der Waals surface area (Å²) in [4.78, 5) is 2.54. The van der Waals surface area contributed by atoms with E-state index in [9.17, 15) is 0 Å². The number of benzene rings is 1. The van der Waals surface area contributed by atoms with Gasteiger partial charge in [-0.15, -0.1) is 0 Å². The van der Waals surface area contributed by atoms with E-state index in [0.717, 1.165) is 23.7 Å². The van der Waals surface area contributed by atoms with Crippen LogP contribution in [0.4, 0.5) is 5.69 Å². The van der Waals surface area contributed by atoms with Crippen molar-refractivity contribution >= 4 is 5.69 Å². The van der Waals surface area contributed by atoms with Gasteiger partial charge in [0, 0.05) is 18.7 Å². The maximum Gasteiger partial charge on any atom is 0.142 e. The van der Waals surface area contributed by atoms with Crippen LogP contribution in [0.5, 0.6) is 11.5 Å². The lowest BCUT2D eigenvalue weighted by Gasteiger charge is -2.36. The molecule has 1 heterocycles. The van der Waals surface area contributed by atoms with Crippen LogP contribution in [-0.2, 0) is 0 Å². The number of nitrogens with zero attached hydrogens (tertiary/aromatic N) is 1. The first-order valence-electron chi connectivity index (χ1n) is 7.88. The van der Waals surface area contributed by atoms with Crippen LogP contribution in [-0.4, -0.2) is 44.8 Å². The van der Waals surface area contributed by atoms with Crippen molar-refractivity contribution in [2.45, 2.75) is 32.7 Å². The summed E-state index contributed by atoms with van der Waals surface area (Å²) in [7, 11) is 3.40. The highest BCUT2D eigenvalue weighted by molar-refractivity contribution is 5.60. The second kappa shape index (κ2) is 7.55. The van der Waals surface area contributed by atoms with Gasteiger partial charge in [-0.1, -0.05) is 6.92 Å². The molecule has 4 nitrogen and oxygen atoms in total. The van der Waals surface area contributed by atoms with Gasteiger partial charge < -0.3 is 19.7 Å². The van der Waals surface area contributed by atoms with E-state index in [4.69, 9.17) is 9.47 Å². The summed E-state index contributed by atoms with van der Waals surface area (Å²) in [5.74, 6) is 2.39. The third-order valence-corrected chi connectivity index (χ3v) is 4.49. The molecule has 2 rings (SSSR count). The molecule has 0 spiro atoms. The monoisotopic (exact) mass is 292 g/mol. The van der Waals surface area contributed by atoms with Gasteiger partial charge >= 0.3 is 0 Å². The molecule has 1 saturated heterocycles. The van der Waals surface area contributed by atoms with Gasteiger partial charge in [0.05, 0.1) is 19.9 Å². The zero-order valence-corrected chi connectivity index (χ0v) is 13.7. The normalized spacial score (nSPS) is 20.9. The van der Waals surface area contributed by atoms with E-state index in [0.29, 0.717) is 12.0 Å². The molecule has 0 aliphatic carbocycles. The summed E-state index contributed by atoms with van der Waals surface area (Å²) in [6.07, 6.45) is 2.58. The van der Waals surface area contributed by atoms with Crippen molar-refractivity contribution in [2.75, 3.05) is 39.2 Å². The molecule has 1 aliphatic heterocycles. The topological polar surface area (TPSA) is 33.7 Å². The molecule has 0 bridgehead atoms. The molecule has 0 radical (unpaired) electrons. The van der Waals surface area contributed by atoms with Crippen LogP contribution in [0, 0.1) is 5.92 Å². The molecule has 2 atom stereocenters. The van der Waals surface area contributed by atoms with E-state index in [1.54, 1.807) is 14.2 Å². The van der Waals surface area contributed by atoms with Crippen LogP contribution in [0.3, 0.4) is 0 Å². The average Bonchev–Trinajstić information content (AvgIpc) is 2.54. The molecule has 0 aromatic heterocycles. The summed E-state index contributed by atoms with van der Waals surface area (Å²) >= 11 is 0. The van der Waals surface area contributed by atoms with Crippen molar-refractivity contribution in [1.82, 2.24) is 4.90 Å².